The van der Waals surface area contributed by atoms with Crippen molar-refractivity contribution in [3.8, 4) is 0 Å². The fourth-order valence-electron chi connectivity index (χ4n) is 2.34. The third-order valence-corrected chi connectivity index (χ3v) is 3.65. The van der Waals surface area contributed by atoms with E-state index in [1.54, 1.807) is 25.1 Å². The van der Waals surface area contributed by atoms with E-state index < -0.39 is 0 Å². The van der Waals surface area contributed by atoms with Crippen LogP contribution in [0, 0.1) is 5.82 Å². The molecule has 0 saturated carbocycles. The van der Waals surface area contributed by atoms with Gasteiger partial charge >= 0.3 is 0 Å². The topological polar surface area (TPSA) is 41.6 Å². The molecule has 120 valence electrons. The van der Waals surface area contributed by atoms with Gasteiger partial charge in [0.1, 0.15) is 5.82 Å². The van der Waals surface area contributed by atoms with Gasteiger partial charge < -0.3 is 10.1 Å². The molecule has 1 aliphatic heterocycles. The molecule has 0 radical (unpaired) electrons. The van der Waals surface area contributed by atoms with E-state index in [2.05, 4.69) is 10.2 Å². The summed E-state index contributed by atoms with van der Waals surface area (Å²) >= 11 is 0. The van der Waals surface area contributed by atoms with Crippen LogP contribution in [-0.4, -0.2) is 50.2 Å². The van der Waals surface area contributed by atoms with Gasteiger partial charge in [-0.1, -0.05) is 12.1 Å². The Morgan fingerprint density at radius 1 is 1.32 bits per heavy atom. The largest absolute Gasteiger partial charge is 0.379 e. The summed E-state index contributed by atoms with van der Waals surface area (Å²) in [6, 6.07) is 6.09. The first kappa shape index (κ1) is 16.6. The molecule has 0 atom stereocenters. The molecule has 22 heavy (non-hydrogen) atoms. The third kappa shape index (κ3) is 5.58. The lowest BCUT2D eigenvalue weighted by atomic mass is 10.1. The molecule has 2 rings (SSSR count). The van der Waals surface area contributed by atoms with Crippen LogP contribution >= 0.6 is 0 Å². The van der Waals surface area contributed by atoms with E-state index in [-0.39, 0.29) is 11.7 Å². The summed E-state index contributed by atoms with van der Waals surface area (Å²) in [6.45, 7) is 6.93. The summed E-state index contributed by atoms with van der Waals surface area (Å²) in [5, 5.41) is 2.91. The van der Waals surface area contributed by atoms with Gasteiger partial charge in [-0.2, -0.15) is 0 Å². The summed E-state index contributed by atoms with van der Waals surface area (Å²) in [6.07, 6.45) is 2.69. The van der Waals surface area contributed by atoms with Crippen molar-refractivity contribution in [2.24, 2.45) is 0 Å². The summed E-state index contributed by atoms with van der Waals surface area (Å²) in [7, 11) is 0. The van der Waals surface area contributed by atoms with Gasteiger partial charge in [0, 0.05) is 25.2 Å². The number of hydrogen-bond acceptors (Lipinski definition) is 3. The number of morpholine rings is 1. The number of ether oxygens (including phenoxy) is 1. The molecule has 0 spiro atoms. The number of nitrogens with one attached hydrogen (secondary N) is 1. The zero-order valence-electron chi connectivity index (χ0n) is 13.0. The predicted octanol–water partition coefficient (Wildman–Crippen LogP) is 2.07. The smallest absolute Gasteiger partial charge is 0.246 e. The monoisotopic (exact) mass is 306 g/mol. The highest BCUT2D eigenvalue weighted by Gasteiger charge is 2.09. The molecule has 5 heteroatoms. The Labute approximate surface area is 131 Å². The molecular weight excluding hydrogens is 283 g/mol. The number of carbonyl (C=O) groups is 1. The van der Waals surface area contributed by atoms with E-state index in [1.807, 2.05) is 0 Å². The molecule has 0 aromatic heterocycles. The lowest BCUT2D eigenvalue weighted by Crippen LogP contribution is -2.38. The first-order valence-electron chi connectivity index (χ1n) is 7.67. The molecule has 1 N–H and O–H groups in total. The number of halogens is 1. The summed E-state index contributed by atoms with van der Waals surface area (Å²) in [5.74, 6) is -0.353. The van der Waals surface area contributed by atoms with Crippen LogP contribution in [0.1, 0.15) is 18.9 Å². The first-order valence-corrected chi connectivity index (χ1v) is 7.67. The van der Waals surface area contributed by atoms with E-state index >= 15 is 0 Å². The highest BCUT2D eigenvalue weighted by molar-refractivity contribution is 5.97. The Morgan fingerprint density at radius 3 is 2.68 bits per heavy atom. The number of nitrogens with zero attached hydrogens (tertiary/aromatic N) is 1. The zero-order valence-corrected chi connectivity index (χ0v) is 13.0. The Bertz CT molecular complexity index is 508. The molecule has 1 aromatic carbocycles. The summed E-state index contributed by atoms with van der Waals surface area (Å²) in [4.78, 5) is 14.3. The minimum absolute atomic E-state index is 0.0775. The average Bonchev–Trinajstić information content (AvgIpc) is 2.54. The Hall–Kier alpha value is -1.72. The first-order chi connectivity index (χ1) is 10.6. The van der Waals surface area contributed by atoms with Crippen molar-refractivity contribution >= 4 is 12.0 Å². The van der Waals surface area contributed by atoms with Crippen molar-refractivity contribution in [1.29, 1.82) is 0 Å². The maximum atomic E-state index is 12.8. The van der Waals surface area contributed by atoms with Crippen molar-refractivity contribution in [3.63, 3.8) is 0 Å². The van der Waals surface area contributed by atoms with E-state index in [9.17, 15) is 9.18 Å². The lowest BCUT2D eigenvalue weighted by Gasteiger charge is -2.26. The van der Waals surface area contributed by atoms with Gasteiger partial charge in [0.05, 0.1) is 13.2 Å². The minimum atomic E-state index is -0.276. The molecule has 1 heterocycles. The molecule has 4 nitrogen and oxygen atoms in total. The fraction of sp³-hybridized carbons (Fsp3) is 0.471. The molecule has 1 amide bonds. The maximum Gasteiger partial charge on any atom is 0.246 e. The normalized spacial score (nSPS) is 16.5. The van der Waals surface area contributed by atoms with Crippen LogP contribution in [-0.2, 0) is 9.53 Å². The highest BCUT2D eigenvalue weighted by atomic mass is 19.1. The van der Waals surface area contributed by atoms with E-state index in [1.165, 1.54) is 12.1 Å². The summed E-state index contributed by atoms with van der Waals surface area (Å²) in [5.41, 5.74) is 1.44. The minimum Gasteiger partial charge on any atom is -0.379 e. The maximum absolute atomic E-state index is 12.8. The number of benzene rings is 1. The van der Waals surface area contributed by atoms with Crippen molar-refractivity contribution in [1.82, 2.24) is 10.2 Å². The second kappa shape index (κ2) is 8.66. The average molecular weight is 306 g/mol. The van der Waals surface area contributed by atoms with E-state index in [0.29, 0.717) is 12.1 Å². The van der Waals surface area contributed by atoms with Crippen LogP contribution in [0.4, 0.5) is 4.39 Å². The molecule has 1 fully saturated rings. The third-order valence-electron chi connectivity index (χ3n) is 3.65. The lowest BCUT2D eigenvalue weighted by molar-refractivity contribution is -0.117. The van der Waals surface area contributed by atoms with Gasteiger partial charge in [-0.15, -0.1) is 0 Å². The van der Waals surface area contributed by atoms with Crippen molar-refractivity contribution in [2.45, 2.75) is 13.3 Å². The second-order valence-corrected chi connectivity index (χ2v) is 5.44. The van der Waals surface area contributed by atoms with Gasteiger partial charge in [-0.3, -0.25) is 9.69 Å². The molecule has 1 aliphatic rings. The van der Waals surface area contributed by atoms with Crippen molar-refractivity contribution < 1.29 is 13.9 Å². The SMILES string of the molecule is C/C(=C\c1ccc(F)cc1)C(=O)NCCCN1CCOCC1. The van der Waals surface area contributed by atoms with Crippen LogP contribution in [0.25, 0.3) is 6.08 Å². The standard InChI is InChI=1S/C17H23FN2O2/c1-14(13-15-3-5-16(18)6-4-15)17(21)19-7-2-8-20-9-11-22-12-10-20/h3-6,13H,2,7-12H2,1H3,(H,19,21)/b14-13+. The molecule has 0 aliphatic carbocycles. The molecule has 1 saturated heterocycles. The Morgan fingerprint density at radius 2 is 2.00 bits per heavy atom. The Balaban J connectivity index is 1.70. The van der Waals surface area contributed by atoms with Crippen LogP contribution < -0.4 is 5.32 Å². The van der Waals surface area contributed by atoms with Gasteiger partial charge in [-0.05, 0) is 43.7 Å². The Kier molecular flexibility index (Phi) is 6.55. The van der Waals surface area contributed by atoms with E-state index in [0.717, 1.165) is 44.8 Å². The fourth-order valence-corrected chi connectivity index (χ4v) is 2.34. The number of hydrogen-bond donors (Lipinski definition) is 1. The van der Waals surface area contributed by atoms with Crippen LogP contribution in [0.3, 0.4) is 0 Å². The molecular formula is C17H23FN2O2. The molecule has 0 unspecified atom stereocenters. The quantitative estimate of drug-likeness (QED) is 0.646. The zero-order chi connectivity index (χ0) is 15.8. The predicted molar refractivity (Wildman–Crippen MR) is 84.9 cm³/mol. The van der Waals surface area contributed by atoms with Crippen LogP contribution in [0.2, 0.25) is 0 Å². The van der Waals surface area contributed by atoms with Gasteiger partial charge in [0.2, 0.25) is 5.91 Å². The molecule has 1 aromatic rings. The number of rotatable bonds is 6. The van der Waals surface area contributed by atoms with Crippen molar-refractivity contribution in [3.05, 3.63) is 41.2 Å². The van der Waals surface area contributed by atoms with Crippen LogP contribution in [0.5, 0.6) is 0 Å². The second-order valence-electron chi connectivity index (χ2n) is 5.44. The number of carbonyl (C=O) groups excluding carboxylic acids is 1. The number of amides is 1. The van der Waals surface area contributed by atoms with Gasteiger partial charge in [0.15, 0.2) is 0 Å². The molecule has 0 bridgehead atoms. The van der Waals surface area contributed by atoms with Crippen molar-refractivity contribution in [2.75, 3.05) is 39.4 Å². The van der Waals surface area contributed by atoms with Gasteiger partial charge in [0.25, 0.3) is 0 Å². The van der Waals surface area contributed by atoms with Gasteiger partial charge in [-0.25, -0.2) is 4.39 Å². The highest BCUT2D eigenvalue weighted by Crippen LogP contribution is 2.08. The van der Waals surface area contributed by atoms with Crippen LogP contribution in [0.15, 0.2) is 29.8 Å². The summed E-state index contributed by atoms with van der Waals surface area (Å²) < 4.78 is 18.1. The van der Waals surface area contributed by atoms with E-state index in [4.69, 9.17) is 4.74 Å².